The molecule has 5 nitrogen and oxygen atoms in total. The molecule has 16 heavy (non-hydrogen) atoms. The van der Waals surface area contributed by atoms with Crippen LogP contribution in [0.1, 0.15) is 26.2 Å². The molecule has 1 amide bonds. The van der Waals surface area contributed by atoms with Gasteiger partial charge in [0, 0.05) is 24.8 Å². The summed E-state index contributed by atoms with van der Waals surface area (Å²) in [6.45, 7) is 3.08. The first-order valence-electron chi connectivity index (χ1n) is 5.74. The molecule has 1 aliphatic heterocycles. The summed E-state index contributed by atoms with van der Waals surface area (Å²) in [5.74, 6) is 0.569. The van der Waals surface area contributed by atoms with Crippen molar-refractivity contribution in [1.82, 2.24) is 10.6 Å². The summed E-state index contributed by atoms with van der Waals surface area (Å²) in [5, 5.41) is 6.02. The van der Waals surface area contributed by atoms with Crippen LogP contribution >= 0.6 is 0 Å². The predicted molar refractivity (Wildman–Crippen MR) is 63.0 cm³/mol. The maximum atomic E-state index is 11.2. The monoisotopic (exact) mass is 248 g/mol. The Kier molecular flexibility index (Phi) is 5.21. The number of rotatable bonds is 7. The zero-order chi connectivity index (χ0) is 12.0. The topological polar surface area (TPSA) is 75.3 Å². The molecule has 1 heterocycles. The van der Waals surface area contributed by atoms with Crippen LogP contribution in [0, 0.1) is 0 Å². The summed E-state index contributed by atoms with van der Waals surface area (Å²) in [5.41, 5.74) is 0. The summed E-state index contributed by atoms with van der Waals surface area (Å²) in [6, 6.07) is 0.218. The lowest BCUT2D eigenvalue weighted by Gasteiger charge is -2.10. The molecule has 0 aromatic carbocycles. The van der Waals surface area contributed by atoms with Gasteiger partial charge in [0.1, 0.15) is 9.84 Å². The van der Waals surface area contributed by atoms with Crippen LogP contribution in [-0.2, 0) is 14.6 Å². The molecule has 0 aliphatic carbocycles. The minimum absolute atomic E-state index is 0.111. The van der Waals surface area contributed by atoms with Crippen molar-refractivity contribution >= 4 is 15.7 Å². The van der Waals surface area contributed by atoms with E-state index in [4.69, 9.17) is 0 Å². The molecule has 0 saturated carbocycles. The van der Waals surface area contributed by atoms with Crippen LogP contribution in [0.4, 0.5) is 0 Å². The summed E-state index contributed by atoms with van der Waals surface area (Å²) >= 11 is 0. The molecule has 0 aromatic rings. The van der Waals surface area contributed by atoms with E-state index in [1.54, 1.807) is 6.92 Å². The van der Waals surface area contributed by atoms with E-state index in [9.17, 15) is 13.2 Å². The van der Waals surface area contributed by atoms with E-state index in [-0.39, 0.29) is 23.5 Å². The minimum atomic E-state index is -2.84. The predicted octanol–water partition coefficient (Wildman–Crippen LogP) is -0.321. The molecular formula is C10H20N2O3S. The Balaban J connectivity index is 2.02. The van der Waals surface area contributed by atoms with Crippen molar-refractivity contribution in [3.63, 3.8) is 0 Å². The molecule has 94 valence electrons. The van der Waals surface area contributed by atoms with Gasteiger partial charge in [-0.05, 0) is 19.4 Å². The Morgan fingerprint density at radius 2 is 2.25 bits per heavy atom. The Labute approximate surface area is 96.9 Å². The zero-order valence-electron chi connectivity index (χ0n) is 9.66. The third kappa shape index (κ3) is 4.94. The first kappa shape index (κ1) is 13.4. The van der Waals surface area contributed by atoms with Crippen molar-refractivity contribution in [3.8, 4) is 0 Å². The van der Waals surface area contributed by atoms with Gasteiger partial charge in [0.25, 0.3) is 0 Å². The molecule has 0 radical (unpaired) electrons. The van der Waals surface area contributed by atoms with E-state index in [2.05, 4.69) is 10.6 Å². The minimum Gasteiger partial charge on any atom is -0.352 e. The lowest BCUT2D eigenvalue weighted by Crippen LogP contribution is -2.36. The van der Waals surface area contributed by atoms with Crippen molar-refractivity contribution in [2.24, 2.45) is 0 Å². The van der Waals surface area contributed by atoms with E-state index in [1.165, 1.54) is 0 Å². The summed E-state index contributed by atoms with van der Waals surface area (Å²) in [6.07, 6.45) is 2.12. The van der Waals surface area contributed by atoms with Gasteiger partial charge in [-0.25, -0.2) is 8.42 Å². The van der Waals surface area contributed by atoms with Gasteiger partial charge >= 0.3 is 0 Å². The van der Waals surface area contributed by atoms with Crippen LogP contribution in [0.2, 0.25) is 0 Å². The highest BCUT2D eigenvalue weighted by atomic mass is 32.2. The van der Waals surface area contributed by atoms with E-state index in [1.807, 2.05) is 0 Å². The van der Waals surface area contributed by atoms with E-state index < -0.39 is 9.84 Å². The maximum absolute atomic E-state index is 11.2. The van der Waals surface area contributed by atoms with Crippen LogP contribution in [0.15, 0.2) is 0 Å². The number of carbonyl (C=O) groups excluding carboxylic acids is 1. The fraction of sp³-hybridized carbons (Fsp3) is 0.900. The highest BCUT2D eigenvalue weighted by molar-refractivity contribution is 7.91. The molecule has 0 bridgehead atoms. The maximum Gasteiger partial charge on any atom is 0.220 e. The third-order valence-electron chi connectivity index (χ3n) is 2.72. The third-order valence-corrected chi connectivity index (χ3v) is 4.51. The Morgan fingerprint density at radius 1 is 1.50 bits per heavy atom. The summed E-state index contributed by atoms with van der Waals surface area (Å²) in [7, 11) is -2.84. The second kappa shape index (κ2) is 6.20. The van der Waals surface area contributed by atoms with Gasteiger partial charge in [-0.15, -0.1) is 0 Å². The highest BCUT2D eigenvalue weighted by Gasteiger charge is 2.19. The summed E-state index contributed by atoms with van der Waals surface area (Å²) < 4.78 is 22.4. The van der Waals surface area contributed by atoms with Crippen LogP contribution in [0.3, 0.4) is 0 Å². The number of sulfone groups is 1. The molecule has 0 spiro atoms. The van der Waals surface area contributed by atoms with Gasteiger partial charge in [0.2, 0.25) is 5.91 Å². The molecule has 1 saturated heterocycles. The summed E-state index contributed by atoms with van der Waals surface area (Å²) in [4.78, 5) is 10.9. The molecule has 2 N–H and O–H groups in total. The van der Waals surface area contributed by atoms with Gasteiger partial charge in [-0.2, -0.15) is 0 Å². The van der Waals surface area contributed by atoms with Gasteiger partial charge < -0.3 is 10.6 Å². The zero-order valence-corrected chi connectivity index (χ0v) is 10.5. The second-order valence-corrected chi connectivity index (χ2v) is 6.57. The first-order chi connectivity index (χ1) is 7.53. The number of nitrogens with one attached hydrogen (secondary N) is 2. The lowest BCUT2D eigenvalue weighted by atomic mass is 10.2. The quantitative estimate of drug-likeness (QED) is 0.606. The largest absolute Gasteiger partial charge is 0.352 e. The van der Waals surface area contributed by atoms with Gasteiger partial charge in [0.15, 0.2) is 0 Å². The highest BCUT2D eigenvalue weighted by Crippen LogP contribution is 2.04. The van der Waals surface area contributed by atoms with Crippen LogP contribution in [-0.4, -0.2) is 45.0 Å². The van der Waals surface area contributed by atoms with Crippen molar-refractivity contribution in [3.05, 3.63) is 0 Å². The number of amides is 1. The van der Waals surface area contributed by atoms with Gasteiger partial charge in [-0.1, -0.05) is 6.92 Å². The fourth-order valence-corrected chi connectivity index (χ4v) is 2.54. The molecular weight excluding hydrogens is 228 g/mol. The molecule has 1 rings (SSSR count). The van der Waals surface area contributed by atoms with E-state index in [0.717, 1.165) is 13.0 Å². The van der Waals surface area contributed by atoms with E-state index >= 15 is 0 Å². The molecule has 1 fully saturated rings. The second-order valence-electron chi connectivity index (χ2n) is 4.10. The average molecular weight is 248 g/mol. The average Bonchev–Trinajstić information content (AvgIpc) is 2.64. The van der Waals surface area contributed by atoms with E-state index in [0.29, 0.717) is 19.4 Å². The normalized spacial score (nSPS) is 21.1. The van der Waals surface area contributed by atoms with Crippen molar-refractivity contribution < 1.29 is 13.2 Å². The first-order valence-corrected chi connectivity index (χ1v) is 7.56. The molecule has 1 unspecified atom stereocenters. The van der Waals surface area contributed by atoms with Gasteiger partial charge in [0.05, 0.1) is 5.75 Å². The number of hydrogen-bond donors (Lipinski definition) is 2. The Hall–Kier alpha value is -0.620. The lowest BCUT2D eigenvalue weighted by molar-refractivity contribution is -0.119. The Morgan fingerprint density at radius 3 is 2.81 bits per heavy atom. The van der Waals surface area contributed by atoms with Crippen molar-refractivity contribution in [1.29, 1.82) is 0 Å². The fourth-order valence-electron chi connectivity index (χ4n) is 1.67. The van der Waals surface area contributed by atoms with Crippen molar-refractivity contribution in [2.45, 2.75) is 32.2 Å². The number of carbonyl (C=O) groups is 1. The number of hydrogen-bond acceptors (Lipinski definition) is 4. The van der Waals surface area contributed by atoms with Gasteiger partial charge in [-0.3, -0.25) is 4.79 Å². The van der Waals surface area contributed by atoms with Crippen LogP contribution < -0.4 is 10.6 Å². The Bertz CT molecular complexity index is 327. The van der Waals surface area contributed by atoms with Crippen molar-refractivity contribution in [2.75, 3.05) is 24.6 Å². The SMILES string of the molecule is CCS(=O)(=O)CCCNCC1CCC(=O)N1. The van der Waals surface area contributed by atoms with Crippen LogP contribution in [0.25, 0.3) is 0 Å². The molecule has 0 aromatic heterocycles. The smallest absolute Gasteiger partial charge is 0.220 e. The standard InChI is InChI=1S/C10H20N2O3S/c1-2-16(14,15)7-3-6-11-8-9-4-5-10(13)12-9/h9,11H,2-8H2,1H3,(H,12,13). The molecule has 6 heteroatoms. The molecule has 1 aliphatic rings. The van der Waals surface area contributed by atoms with Crippen LogP contribution in [0.5, 0.6) is 0 Å². The molecule has 1 atom stereocenters.